The fourth-order valence-corrected chi connectivity index (χ4v) is 2.25. The highest BCUT2D eigenvalue weighted by molar-refractivity contribution is 5.42. The van der Waals surface area contributed by atoms with E-state index in [-0.39, 0.29) is 6.61 Å². The van der Waals surface area contributed by atoms with Gasteiger partial charge in [0.25, 0.3) is 0 Å². The Labute approximate surface area is 118 Å². The van der Waals surface area contributed by atoms with E-state index in [9.17, 15) is 5.11 Å². The number of nitriles is 1. The highest BCUT2D eigenvalue weighted by atomic mass is 16.5. The van der Waals surface area contributed by atoms with Gasteiger partial charge in [-0.2, -0.15) is 10.4 Å². The molecule has 0 atom stereocenters. The molecule has 0 radical (unpaired) electrons. The molecule has 0 fully saturated rings. The van der Waals surface area contributed by atoms with Gasteiger partial charge in [0, 0.05) is 16.8 Å². The molecule has 1 aromatic carbocycles. The summed E-state index contributed by atoms with van der Waals surface area (Å²) in [6.45, 7) is 4.28. The molecule has 5 heteroatoms. The molecule has 0 bridgehead atoms. The van der Waals surface area contributed by atoms with Crippen LogP contribution < -0.4 is 4.74 Å². The molecule has 1 heterocycles. The minimum atomic E-state index is -0.0208. The quantitative estimate of drug-likeness (QED) is 0.922. The zero-order valence-corrected chi connectivity index (χ0v) is 11.8. The molecule has 0 saturated carbocycles. The van der Waals surface area contributed by atoms with Crippen molar-refractivity contribution >= 4 is 0 Å². The summed E-state index contributed by atoms with van der Waals surface area (Å²) < 4.78 is 7.14. The molecule has 1 N–H and O–H groups in total. The Kier molecular flexibility index (Phi) is 4.06. The first-order valence-electron chi connectivity index (χ1n) is 6.31. The number of aromatic nitrogens is 2. The predicted octanol–water partition coefficient (Wildman–Crippen LogP) is 1.92. The molecule has 5 nitrogen and oxygen atoms in total. The van der Waals surface area contributed by atoms with Crippen molar-refractivity contribution in [3.05, 3.63) is 46.3 Å². The molecule has 2 rings (SSSR count). The van der Waals surface area contributed by atoms with E-state index in [1.807, 2.05) is 18.5 Å². The number of aliphatic hydroxyl groups excluding tert-OH is 1. The third-order valence-corrected chi connectivity index (χ3v) is 3.42. The predicted molar refractivity (Wildman–Crippen MR) is 74.4 cm³/mol. The Morgan fingerprint density at radius 1 is 1.40 bits per heavy atom. The zero-order chi connectivity index (χ0) is 14.7. The number of ether oxygens (including phenoxy) is 1. The SMILES string of the molecule is COc1ccc(C#N)cc1Cn1nc(C)c(CO)c1C. The topological polar surface area (TPSA) is 71.1 Å². The normalized spacial score (nSPS) is 10.3. The van der Waals surface area contributed by atoms with Crippen molar-refractivity contribution < 1.29 is 9.84 Å². The van der Waals surface area contributed by atoms with Crippen LogP contribution in [0.25, 0.3) is 0 Å². The Balaban J connectivity index is 2.42. The van der Waals surface area contributed by atoms with Crippen molar-refractivity contribution in [1.29, 1.82) is 5.26 Å². The number of aliphatic hydroxyl groups is 1. The second-order valence-corrected chi connectivity index (χ2v) is 4.60. The van der Waals surface area contributed by atoms with Crippen LogP contribution >= 0.6 is 0 Å². The van der Waals surface area contributed by atoms with Crippen molar-refractivity contribution in [3.8, 4) is 11.8 Å². The highest BCUT2D eigenvalue weighted by Gasteiger charge is 2.13. The van der Waals surface area contributed by atoms with Gasteiger partial charge in [0.15, 0.2) is 0 Å². The van der Waals surface area contributed by atoms with E-state index in [1.165, 1.54) is 0 Å². The average Bonchev–Trinajstić information content (AvgIpc) is 2.72. The fourth-order valence-electron chi connectivity index (χ4n) is 2.25. The second-order valence-electron chi connectivity index (χ2n) is 4.60. The maximum absolute atomic E-state index is 9.34. The molecule has 0 aliphatic rings. The molecule has 0 saturated heterocycles. The maximum Gasteiger partial charge on any atom is 0.124 e. The van der Waals surface area contributed by atoms with Gasteiger partial charge < -0.3 is 9.84 Å². The molecule has 20 heavy (non-hydrogen) atoms. The van der Waals surface area contributed by atoms with Gasteiger partial charge in [-0.25, -0.2) is 0 Å². The van der Waals surface area contributed by atoms with Gasteiger partial charge in [-0.05, 0) is 32.0 Å². The molecule has 0 aliphatic heterocycles. The summed E-state index contributed by atoms with van der Waals surface area (Å²) in [5.41, 5.74) is 4.07. The van der Waals surface area contributed by atoms with Crippen LogP contribution in [-0.4, -0.2) is 22.0 Å². The largest absolute Gasteiger partial charge is 0.496 e. The van der Waals surface area contributed by atoms with Gasteiger partial charge in [0.1, 0.15) is 5.75 Å². The van der Waals surface area contributed by atoms with Crippen LogP contribution in [0.5, 0.6) is 5.75 Å². The average molecular weight is 271 g/mol. The van der Waals surface area contributed by atoms with Gasteiger partial charge in [0.05, 0.1) is 37.6 Å². The van der Waals surface area contributed by atoms with E-state index in [0.717, 1.165) is 28.3 Å². The van der Waals surface area contributed by atoms with Crippen LogP contribution in [0.2, 0.25) is 0 Å². The monoisotopic (exact) mass is 271 g/mol. The van der Waals surface area contributed by atoms with E-state index in [1.54, 1.807) is 25.3 Å². The third kappa shape index (κ3) is 2.51. The molecule has 1 aromatic heterocycles. The first-order valence-corrected chi connectivity index (χ1v) is 6.31. The van der Waals surface area contributed by atoms with Gasteiger partial charge in [0.2, 0.25) is 0 Å². The maximum atomic E-state index is 9.34. The molecular weight excluding hydrogens is 254 g/mol. The number of rotatable bonds is 4. The molecule has 104 valence electrons. The number of benzene rings is 1. The molecule has 2 aromatic rings. The van der Waals surface area contributed by atoms with Crippen LogP contribution in [-0.2, 0) is 13.2 Å². The second kappa shape index (κ2) is 5.76. The van der Waals surface area contributed by atoms with E-state index >= 15 is 0 Å². The van der Waals surface area contributed by atoms with E-state index in [0.29, 0.717) is 12.1 Å². The summed E-state index contributed by atoms with van der Waals surface area (Å²) in [6, 6.07) is 7.43. The first kappa shape index (κ1) is 14.1. The Bertz CT molecular complexity index is 668. The fraction of sp³-hybridized carbons (Fsp3) is 0.333. The molecule has 0 aliphatic carbocycles. The molecular formula is C15H17N3O2. The smallest absolute Gasteiger partial charge is 0.124 e. The number of hydrogen-bond acceptors (Lipinski definition) is 4. The standard InChI is InChI=1S/C15H17N3O2/c1-10-14(9-19)11(2)18(17-10)8-13-6-12(7-16)4-5-15(13)20-3/h4-6,19H,8-9H2,1-3H3. The van der Waals surface area contributed by atoms with E-state index < -0.39 is 0 Å². The molecule has 0 spiro atoms. The lowest BCUT2D eigenvalue weighted by molar-refractivity contribution is 0.280. The van der Waals surface area contributed by atoms with Gasteiger partial charge >= 0.3 is 0 Å². The minimum Gasteiger partial charge on any atom is -0.496 e. The third-order valence-electron chi connectivity index (χ3n) is 3.42. The van der Waals surface area contributed by atoms with Crippen LogP contribution in [0.1, 0.15) is 28.1 Å². The lowest BCUT2D eigenvalue weighted by Crippen LogP contribution is -2.06. The highest BCUT2D eigenvalue weighted by Crippen LogP contribution is 2.22. The van der Waals surface area contributed by atoms with Gasteiger partial charge in [-0.1, -0.05) is 0 Å². The summed E-state index contributed by atoms with van der Waals surface area (Å²) in [5.74, 6) is 0.724. The van der Waals surface area contributed by atoms with E-state index in [4.69, 9.17) is 10.00 Å². The van der Waals surface area contributed by atoms with Crippen LogP contribution in [0.4, 0.5) is 0 Å². The summed E-state index contributed by atoms with van der Waals surface area (Å²) >= 11 is 0. The summed E-state index contributed by atoms with van der Waals surface area (Å²) in [4.78, 5) is 0. The lowest BCUT2D eigenvalue weighted by atomic mass is 10.1. The summed E-state index contributed by atoms with van der Waals surface area (Å²) in [6.07, 6.45) is 0. The van der Waals surface area contributed by atoms with Gasteiger partial charge in [-0.3, -0.25) is 4.68 Å². The lowest BCUT2D eigenvalue weighted by Gasteiger charge is -2.10. The Morgan fingerprint density at radius 2 is 2.15 bits per heavy atom. The number of nitrogens with zero attached hydrogens (tertiary/aromatic N) is 3. The van der Waals surface area contributed by atoms with Crippen LogP contribution in [0.15, 0.2) is 18.2 Å². The minimum absolute atomic E-state index is 0.0208. The number of hydrogen-bond donors (Lipinski definition) is 1. The van der Waals surface area contributed by atoms with Crippen molar-refractivity contribution in [1.82, 2.24) is 9.78 Å². The van der Waals surface area contributed by atoms with Crippen LogP contribution in [0, 0.1) is 25.2 Å². The van der Waals surface area contributed by atoms with Crippen molar-refractivity contribution in [2.45, 2.75) is 27.0 Å². The van der Waals surface area contributed by atoms with Crippen LogP contribution in [0.3, 0.4) is 0 Å². The van der Waals surface area contributed by atoms with E-state index in [2.05, 4.69) is 11.2 Å². The zero-order valence-electron chi connectivity index (χ0n) is 11.8. The number of methoxy groups -OCH3 is 1. The summed E-state index contributed by atoms with van der Waals surface area (Å²) in [7, 11) is 1.60. The Morgan fingerprint density at radius 3 is 2.70 bits per heavy atom. The van der Waals surface area contributed by atoms with Crippen molar-refractivity contribution in [2.24, 2.45) is 0 Å². The van der Waals surface area contributed by atoms with Crippen molar-refractivity contribution in [2.75, 3.05) is 7.11 Å². The first-order chi connectivity index (χ1) is 9.60. The number of aryl methyl sites for hydroxylation is 1. The molecule has 0 amide bonds. The molecule has 0 unspecified atom stereocenters. The van der Waals surface area contributed by atoms with Gasteiger partial charge in [-0.15, -0.1) is 0 Å². The van der Waals surface area contributed by atoms with Crippen molar-refractivity contribution in [3.63, 3.8) is 0 Å². The summed E-state index contributed by atoms with van der Waals surface area (Å²) in [5, 5.41) is 22.8. The Hall–Kier alpha value is -2.32.